The Balaban J connectivity index is 1.80. The van der Waals surface area contributed by atoms with Gasteiger partial charge < -0.3 is 10.1 Å². The predicted octanol–water partition coefficient (Wildman–Crippen LogP) is 2.91. The average molecular weight is 275 g/mol. The summed E-state index contributed by atoms with van der Waals surface area (Å²) in [5.41, 5.74) is 1.72. The number of nitrogens with one attached hydrogen (secondary N) is 1. The molecule has 1 saturated heterocycles. The molecular weight excluding hydrogens is 257 g/mol. The highest BCUT2D eigenvalue weighted by Crippen LogP contribution is 2.18. The first-order valence-electron chi connectivity index (χ1n) is 6.89. The number of nitrogens with zero attached hydrogens (tertiary/aromatic N) is 2. The van der Waals surface area contributed by atoms with E-state index in [1.54, 1.807) is 10.7 Å². The van der Waals surface area contributed by atoms with Gasteiger partial charge in [0.05, 0.1) is 5.69 Å². The van der Waals surface area contributed by atoms with Crippen molar-refractivity contribution in [3.63, 3.8) is 0 Å². The number of aromatic nitrogens is 2. The minimum Gasteiger partial charge on any atom is -0.381 e. The lowest BCUT2D eigenvalue weighted by atomic mass is 10.1. The zero-order valence-corrected chi connectivity index (χ0v) is 11.5. The van der Waals surface area contributed by atoms with Gasteiger partial charge >= 0.3 is 0 Å². The van der Waals surface area contributed by atoms with Crippen LogP contribution >= 0.6 is 0 Å². The summed E-state index contributed by atoms with van der Waals surface area (Å²) in [5.74, 6) is 0.579. The van der Waals surface area contributed by atoms with Gasteiger partial charge in [0.15, 0.2) is 0 Å². The van der Waals surface area contributed by atoms with E-state index in [0.717, 1.165) is 43.3 Å². The SMILES string of the molecule is Cc1cc(NC2CCOCC2)nn1-c1cccc(F)c1. The zero-order chi connectivity index (χ0) is 13.9. The van der Waals surface area contributed by atoms with Crippen molar-refractivity contribution in [2.75, 3.05) is 18.5 Å². The van der Waals surface area contributed by atoms with E-state index >= 15 is 0 Å². The van der Waals surface area contributed by atoms with E-state index in [1.165, 1.54) is 12.1 Å². The van der Waals surface area contributed by atoms with Gasteiger partial charge in [0.2, 0.25) is 0 Å². The number of hydrogen-bond acceptors (Lipinski definition) is 3. The maximum Gasteiger partial charge on any atom is 0.148 e. The molecule has 0 aliphatic carbocycles. The molecule has 106 valence electrons. The highest BCUT2D eigenvalue weighted by molar-refractivity contribution is 5.42. The minimum absolute atomic E-state index is 0.253. The third kappa shape index (κ3) is 2.82. The Bertz CT molecular complexity index is 591. The van der Waals surface area contributed by atoms with Crippen molar-refractivity contribution in [3.05, 3.63) is 41.8 Å². The van der Waals surface area contributed by atoms with E-state index in [9.17, 15) is 4.39 Å². The van der Waals surface area contributed by atoms with Crippen molar-refractivity contribution in [1.82, 2.24) is 9.78 Å². The number of ether oxygens (including phenoxy) is 1. The molecule has 1 N–H and O–H groups in total. The van der Waals surface area contributed by atoms with Crippen LogP contribution in [0.15, 0.2) is 30.3 Å². The van der Waals surface area contributed by atoms with Crippen LogP contribution in [-0.2, 0) is 4.74 Å². The fourth-order valence-corrected chi connectivity index (χ4v) is 2.47. The van der Waals surface area contributed by atoms with Crippen LogP contribution in [0.1, 0.15) is 18.5 Å². The van der Waals surface area contributed by atoms with Crippen molar-refractivity contribution >= 4 is 5.82 Å². The lowest BCUT2D eigenvalue weighted by Gasteiger charge is -2.22. The second-order valence-corrected chi connectivity index (χ2v) is 5.09. The van der Waals surface area contributed by atoms with Gasteiger partial charge in [0.25, 0.3) is 0 Å². The summed E-state index contributed by atoms with van der Waals surface area (Å²) < 4.78 is 20.4. The van der Waals surface area contributed by atoms with E-state index in [-0.39, 0.29) is 5.82 Å². The number of aryl methyl sites for hydroxylation is 1. The molecule has 1 fully saturated rings. The Kier molecular flexibility index (Phi) is 3.69. The van der Waals surface area contributed by atoms with Crippen molar-refractivity contribution in [1.29, 1.82) is 0 Å². The largest absolute Gasteiger partial charge is 0.381 e. The van der Waals surface area contributed by atoms with Crippen molar-refractivity contribution in [2.24, 2.45) is 0 Å². The number of hydrogen-bond donors (Lipinski definition) is 1. The Morgan fingerprint density at radius 3 is 2.85 bits per heavy atom. The van der Waals surface area contributed by atoms with Crippen molar-refractivity contribution in [3.8, 4) is 5.69 Å². The summed E-state index contributed by atoms with van der Waals surface area (Å²) in [6, 6.07) is 8.85. The summed E-state index contributed by atoms with van der Waals surface area (Å²) in [6.07, 6.45) is 1.98. The molecule has 1 aromatic heterocycles. The summed E-state index contributed by atoms with van der Waals surface area (Å²) in [5, 5.41) is 7.93. The molecule has 5 heteroatoms. The van der Waals surface area contributed by atoms with Crippen LogP contribution in [0.25, 0.3) is 5.69 Å². The van der Waals surface area contributed by atoms with Crippen LogP contribution in [0, 0.1) is 12.7 Å². The standard InChI is InChI=1S/C15H18FN3O/c1-11-9-15(17-13-5-7-20-8-6-13)18-19(11)14-4-2-3-12(16)10-14/h2-4,9-10,13H,5-8H2,1H3,(H,17,18). The average Bonchev–Trinajstić information content (AvgIpc) is 2.81. The number of halogens is 1. The fraction of sp³-hybridized carbons (Fsp3) is 0.400. The molecule has 0 atom stereocenters. The summed E-state index contributed by atoms with van der Waals surface area (Å²) in [6.45, 7) is 3.55. The van der Waals surface area contributed by atoms with Gasteiger partial charge in [0, 0.05) is 31.0 Å². The quantitative estimate of drug-likeness (QED) is 0.936. The van der Waals surface area contributed by atoms with Crippen LogP contribution in [-0.4, -0.2) is 29.0 Å². The molecule has 20 heavy (non-hydrogen) atoms. The van der Waals surface area contributed by atoms with Gasteiger partial charge in [-0.25, -0.2) is 9.07 Å². The minimum atomic E-state index is -0.253. The van der Waals surface area contributed by atoms with Crippen molar-refractivity contribution in [2.45, 2.75) is 25.8 Å². The normalized spacial score (nSPS) is 16.3. The van der Waals surface area contributed by atoms with Crippen LogP contribution in [0.4, 0.5) is 10.2 Å². The number of anilines is 1. The first-order chi connectivity index (χ1) is 9.72. The first-order valence-corrected chi connectivity index (χ1v) is 6.89. The van der Waals surface area contributed by atoms with Gasteiger partial charge in [-0.2, -0.15) is 5.10 Å². The Morgan fingerprint density at radius 1 is 1.30 bits per heavy atom. The molecule has 2 aromatic rings. The fourth-order valence-electron chi connectivity index (χ4n) is 2.47. The van der Waals surface area contributed by atoms with Crippen LogP contribution in [0.3, 0.4) is 0 Å². The zero-order valence-electron chi connectivity index (χ0n) is 11.5. The molecule has 1 aliphatic rings. The lowest BCUT2D eigenvalue weighted by molar-refractivity contribution is 0.0904. The van der Waals surface area contributed by atoms with Gasteiger partial charge in [-0.15, -0.1) is 0 Å². The summed E-state index contributed by atoms with van der Waals surface area (Å²) in [4.78, 5) is 0. The van der Waals surface area contributed by atoms with E-state index in [2.05, 4.69) is 10.4 Å². The molecule has 0 saturated carbocycles. The maximum atomic E-state index is 13.3. The highest BCUT2D eigenvalue weighted by Gasteiger charge is 2.15. The van der Waals surface area contributed by atoms with E-state index in [4.69, 9.17) is 4.74 Å². The van der Waals surface area contributed by atoms with E-state index in [0.29, 0.717) is 6.04 Å². The second kappa shape index (κ2) is 5.63. The van der Waals surface area contributed by atoms with Gasteiger partial charge in [-0.3, -0.25) is 0 Å². The molecule has 3 rings (SSSR count). The number of rotatable bonds is 3. The van der Waals surface area contributed by atoms with Crippen LogP contribution < -0.4 is 5.32 Å². The third-order valence-electron chi connectivity index (χ3n) is 3.51. The molecule has 0 spiro atoms. The molecule has 0 unspecified atom stereocenters. The predicted molar refractivity (Wildman–Crippen MR) is 75.7 cm³/mol. The molecule has 0 amide bonds. The molecular formula is C15H18FN3O. The van der Waals surface area contributed by atoms with Crippen LogP contribution in [0.2, 0.25) is 0 Å². The topological polar surface area (TPSA) is 39.1 Å². The Morgan fingerprint density at radius 2 is 2.10 bits per heavy atom. The monoisotopic (exact) mass is 275 g/mol. The first kappa shape index (κ1) is 13.1. The molecule has 4 nitrogen and oxygen atoms in total. The molecule has 2 heterocycles. The van der Waals surface area contributed by atoms with E-state index in [1.807, 2.05) is 19.1 Å². The summed E-state index contributed by atoms with van der Waals surface area (Å²) in [7, 11) is 0. The lowest BCUT2D eigenvalue weighted by Crippen LogP contribution is -2.28. The number of benzene rings is 1. The van der Waals surface area contributed by atoms with Gasteiger partial charge in [-0.05, 0) is 38.0 Å². The Labute approximate surface area is 117 Å². The van der Waals surface area contributed by atoms with Crippen LogP contribution in [0.5, 0.6) is 0 Å². The molecule has 0 bridgehead atoms. The van der Waals surface area contributed by atoms with Gasteiger partial charge in [0.1, 0.15) is 11.6 Å². The molecule has 1 aliphatic heterocycles. The summed E-state index contributed by atoms with van der Waals surface area (Å²) >= 11 is 0. The van der Waals surface area contributed by atoms with Gasteiger partial charge in [-0.1, -0.05) is 6.07 Å². The third-order valence-corrected chi connectivity index (χ3v) is 3.51. The van der Waals surface area contributed by atoms with Crippen molar-refractivity contribution < 1.29 is 9.13 Å². The molecule has 1 aromatic carbocycles. The molecule has 0 radical (unpaired) electrons. The smallest absolute Gasteiger partial charge is 0.148 e. The Hall–Kier alpha value is -1.88. The maximum absolute atomic E-state index is 13.3. The van der Waals surface area contributed by atoms with E-state index < -0.39 is 0 Å². The highest BCUT2D eigenvalue weighted by atomic mass is 19.1. The second-order valence-electron chi connectivity index (χ2n) is 5.09.